The molecule has 0 radical (unpaired) electrons. The molecule has 1 aliphatic heterocycles. The first kappa shape index (κ1) is 22.4. The number of fused-ring (bicyclic) bond motifs is 1. The molecule has 1 aliphatic rings. The van der Waals surface area contributed by atoms with Crippen LogP contribution in [0.2, 0.25) is 0 Å². The number of hydrogen-bond acceptors (Lipinski definition) is 5. The van der Waals surface area contributed by atoms with Gasteiger partial charge in [-0.3, -0.25) is 0 Å². The molecule has 3 heterocycles. The molecule has 2 aromatic rings. The van der Waals surface area contributed by atoms with E-state index in [4.69, 9.17) is 0 Å². The van der Waals surface area contributed by atoms with Crippen LogP contribution in [0, 0.1) is 0 Å². The number of anilines is 2. The third-order valence-electron chi connectivity index (χ3n) is 5.74. The van der Waals surface area contributed by atoms with Gasteiger partial charge in [0.1, 0.15) is 5.82 Å². The Morgan fingerprint density at radius 3 is 2.63 bits per heavy atom. The topological polar surface area (TPSA) is 53.9 Å². The van der Waals surface area contributed by atoms with Crippen molar-refractivity contribution in [2.75, 3.05) is 30.9 Å². The van der Waals surface area contributed by atoms with E-state index >= 15 is 0 Å². The van der Waals surface area contributed by atoms with E-state index in [0.717, 1.165) is 49.3 Å². The number of aryl methyl sites for hydroxylation is 2. The van der Waals surface area contributed by atoms with Crippen molar-refractivity contribution in [2.45, 2.75) is 70.1 Å². The lowest BCUT2D eigenvalue weighted by Crippen LogP contribution is -2.20. The second-order valence-corrected chi connectivity index (χ2v) is 8.42. The molecule has 0 fully saturated rings. The van der Waals surface area contributed by atoms with Gasteiger partial charge in [-0.15, -0.1) is 0 Å². The molecule has 0 amide bonds. The molecule has 0 aromatic carbocycles. The molecular weight excluding hydrogens is 384 g/mol. The number of alkyl halides is 2. The molecule has 1 N–H and O–H groups in total. The third kappa shape index (κ3) is 6.09. The molecule has 0 saturated heterocycles. The Bertz CT molecular complexity index is 808. The molecular formula is C23H33F2N5. The summed E-state index contributed by atoms with van der Waals surface area (Å²) in [6.07, 6.45) is 7.90. The van der Waals surface area contributed by atoms with E-state index < -0.39 is 5.92 Å². The van der Waals surface area contributed by atoms with Gasteiger partial charge in [0.25, 0.3) is 0 Å². The molecule has 30 heavy (non-hydrogen) atoms. The number of aromatic nitrogens is 3. The van der Waals surface area contributed by atoms with Gasteiger partial charge in [-0.2, -0.15) is 0 Å². The van der Waals surface area contributed by atoms with E-state index in [-0.39, 0.29) is 18.8 Å². The van der Waals surface area contributed by atoms with Gasteiger partial charge in [0, 0.05) is 51.6 Å². The van der Waals surface area contributed by atoms with Crippen LogP contribution in [0.1, 0.15) is 68.2 Å². The predicted molar refractivity (Wildman–Crippen MR) is 118 cm³/mol. The van der Waals surface area contributed by atoms with Gasteiger partial charge in [-0.25, -0.2) is 23.7 Å². The van der Waals surface area contributed by atoms with Crippen molar-refractivity contribution in [3.05, 3.63) is 41.3 Å². The summed E-state index contributed by atoms with van der Waals surface area (Å²) in [7, 11) is 3.72. The van der Waals surface area contributed by atoms with E-state index in [1.165, 1.54) is 5.56 Å². The summed E-state index contributed by atoms with van der Waals surface area (Å²) in [6, 6.07) is 4.16. The van der Waals surface area contributed by atoms with Gasteiger partial charge in [0.05, 0.1) is 0 Å². The van der Waals surface area contributed by atoms with Crippen LogP contribution in [-0.4, -0.2) is 41.5 Å². The molecule has 0 saturated carbocycles. The Morgan fingerprint density at radius 2 is 1.93 bits per heavy atom. The quantitative estimate of drug-likeness (QED) is 0.537. The first-order chi connectivity index (χ1) is 14.4. The SMILES string of the molecule is CC[C@H](CC(F)(F)CCCCc1ccc2c(n1)NCCC2)c1cnc(N(C)C)nc1. The lowest BCUT2D eigenvalue weighted by Gasteiger charge is -2.23. The highest BCUT2D eigenvalue weighted by Crippen LogP contribution is 2.35. The highest BCUT2D eigenvalue weighted by Gasteiger charge is 2.32. The van der Waals surface area contributed by atoms with Crippen LogP contribution in [0.15, 0.2) is 24.5 Å². The van der Waals surface area contributed by atoms with Crippen molar-refractivity contribution >= 4 is 11.8 Å². The zero-order chi connectivity index (χ0) is 21.6. The maximum Gasteiger partial charge on any atom is 0.248 e. The zero-order valence-corrected chi connectivity index (χ0v) is 18.3. The maximum atomic E-state index is 14.6. The Hall–Kier alpha value is -2.31. The molecule has 2 aromatic heterocycles. The zero-order valence-electron chi connectivity index (χ0n) is 18.3. The number of unbranched alkanes of at least 4 members (excludes halogenated alkanes) is 1. The standard InChI is InChI=1S/C23H33F2N5/c1-4-17(19-15-27-22(28-16-19)30(2)3)14-23(24,25)12-6-5-9-20-11-10-18-8-7-13-26-21(18)29-20/h10-11,15-17H,4-9,12-14H2,1-3H3,(H,26,29)/t17-/m1/s1. The van der Waals surface area contributed by atoms with E-state index in [0.29, 0.717) is 18.8 Å². The third-order valence-corrected chi connectivity index (χ3v) is 5.74. The summed E-state index contributed by atoms with van der Waals surface area (Å²) in [5, 5.41) is 3.33. The summed E-state index contributed by atoms with van der Waals surface area (Å²) in [5.41, 5.74) is 3.02. The van der Waals surface area contributed by atoms with Crippen molar-refractivity contribution in [1.82, 2.24) is 15.0 Å². The molecule has 7 heteroatoms. The van der Waals surface area contributed by atoms with E-state index in [9.17, 15) is 8.78 Å². The first-order valence-corrected chi connectivity index (χ1v) is 11.0. The maximum absolute atomic E-state index is 14.6. The van der Waals surface area contributed by atoms with Crippen LogP contribution in [-0.2, 0) is 12.8 Å². The molecule has 5 nitrogen and oxygen atoms in total. The van der Waals surface area contributed by atoms with Crippen LogP contribution in [0.3, 0.4) is 0 Å². The van der Waals surface area contributed by atoms with Gasteiger partial charge in [-0.1, -0.05) is 13.0 Å². The molecule has 0 bridgehead atoms. The second-order valence-electron chi connectivity index (χ2n) is 8.42. The number of pyridine rings is 1. The number of halogens is 2. The summed E-state index contributed by atoms with van der Waals surface area (Å²) in [5.74, 6) is -1.36. The fraction of sp³-hybridized carbons (Fsp3) is 0.609. The van der Waals surface area contributed by atoms with Crippen LogP contribution in [0.4, 0.5) is 20.5 Å². The lowest BCUT2D eigenvalue weighted by molar-refractivity contribution is -0.0251. The molecule has 0 spiro atoms. The van der Waals surface area contributed by atoms with Crippen molar-refractivity contribution in [1.29, 1.82) is 0 Å². The average molecular weight is 418 g/mol. The van der Waals surface area contributed by atoms with E-state index in [1.807, 2.05) is 27.1 Å². The summed E-state index contributed by atoms with van der Waals surface area (Å²) in [4.78, 5) is 15.0. The number of nitrogens with zero attached hydrogens (tertiary/aromatic N) is 4. The van der Waals surface area contributed by atoms with Gasteiger partial charge in [-0.05, 0) is 61.6 Å². The highest BCUT2D eigenvalue weighted by molar-refractivity contribution is 5.47. The number of hydrogen-bond donors (Lipinski definition) is 1. The van der Waals surface area contributed by atoms with Crippen LogP contribution in [0.5, 0.6) is 0 Å². The van der Waals surface area contributed by atoms with Gasteiger partial charge in [0.15, 0.2) is 0 Å². The van der Waals surface area contributed by atoms with Crippen molar-refractivity contribution in [2.24, 2.45) is 0 Å². The minimum atomic E-state index is -2.69. The largest absolute Gasteiger partial charge is 0.370 e. The predicted octanol–water partition coefficient (Wildman–Crippen LogP) is 5.23. The summed E-state index contributed by atoms with van der Waals surface area (Å²) < 4.78 is 29.3. The minimum absolute atomic E-state index is 0.0939. The summed E-state index contributed by atoms with van der Waals surface area (Å²) >= 11 is 0. The molecule has 3 rings (SSSR count). The fourth-order valence-electron chi connectivity index (χ4n) is 3.93. The smallest absolute Gasteiger partial charge is 0.248 e. The normalized spacial score (nSPS) is 14.7. The van der Waals surface area contributed by atoms with E-state index in [1.54, 1.807) is 17.3 Å². The molecule has 1 atom stereocenters. The van der Waals surface area contributed by atoms with Crippen LogP contribution in [0.25, 0.3) is 0 Å². The Kier molecular flexibility index (Phi) is 7.56. The van der Waals surface area contributed by atoms with E-state index in [2.05, 4.69) is 26.3 Å². The van der Waals surface area contributed by atoms with Crippen molar-refractivity contribution in [3.63, 3.8) is 0 Å². The van der Waals surface area contributed by atoms with Gasteiger partial charge in [0.2, 0.25) is 11.9 Å². The Labute approximate surface area is 178 Å². The Morgan fingerprint density at radius 1 is 1.17 bits per heavy atom. The second kappa shape index (κ2) is 10.1. The summed E-state index contributed by atoms with van der Waals surface area (Å²) in [6.45, 7) is 2.90. The Balaban J connectivity index is 1.48. The first-order valence-electron chi connectivity index (χ1n) is 11.0. The fourth-order valence-corrected chi connectivity index (χ4v) is 3.93. The van der Waals surface area contributed by atoms with Gasteiger partial charge >= 0.3 is 0 Å². The highest BCUT2D eigenvalue weighted by atomic mass is 19.3. The minimum Gasteiger partial charge on any atom is -0.370 e. The van der Waals surface area contributed by atoms with Crippen LogP contribution < -0.4 is 10.2 Å². The van der Waals surface area contributed by atoms with Crippen molar-refractivity contribution < 1.29 is 8.78 Å². The van der Waals surface area contributed by atoms with Crippen LogP contribution >= 0.6 is 0 Å². The van der Waals surface area contributed by atoms with Gasteiger partial charge < -0.3 is 10.2 Å². The lowest BCUT2D eigenvalue weighted by atomic mass is 9.90. The molecule has 0 aliphatic carbocycles. The monoisotopic (exact) mass is 417 g/mol. The number of rotatable bonds is 10. The number of nitrogens with one attached hydrogen (secondary N) is 1. The molecule has 0 unspecified atom stereocenters. The average Bonchev–Trinajstić information content (AvgIpc) is 2.75. The molecule has 164 valence electrons. The van der Waals surface area contributed by atoms with Crippen molar-refractivity contribution in [3.8, 4) is 0 Å².